The largest absolute Gasteiger partial charge is 0.490 e. The number of hydrogen-bond acceptors (Lipinski definition) is 6. The van der Waals surface area contributed by atoms with Crippen molar-refractivity contribution in [2.24, 2.45) is 18.9 Å². The van der Waals surface area contributed by atoms with Gasteiger partial charge in [0, 0.05) is 32.2 Å². The second-order valence-corrected chi connectivity index (χ2v) is 9.74. The van der Waals surface area contributed by atoms with E-state index in [0.717, 1.165) is 54.7 Å². The standard InChI is InChI=1S/C22H29N5O3.C2HF3O2/c1-25-19-12-16(26-11-8-15(13-26)14-6-9-23-10-7-14)2-3-17(19)27(22(25)30)18-4-5-20(28)24-21(18)29;3-2(4,5)1(6)7/h2-3,12,14-15,18,23H,4-11,13H2,1H3,(H,24,28,29);(H,6,7)/t15-,18?;/m1./s1. The summed E-state index contributed by atoms with van der Waals surface area (Å²) in [5, 5.41) is 12.9. The molecule has 37 heavy (non-hydrogen) atoms. The fourth-order valence-electron chi connectivity index (χ4n) is 5.50. The summed E-state index contributed by atoms with van der Waals surface area (Å²) in [6.45, 7) is 4.37. The Morgan fingerprint density at radius 3 is 2.32 bits per heavy atom. The molecule has 10 nitrogen and oxygen atoms in total. The number of rotatable bonds is 3. The summed E-state index contributed by atoms with van der Waals surface area (Å²) in [5.74, 6) is -1.89. The molecule has 3 N–H and O–H groups in total. The van der Waals surface area contributed by atoms with Crippen LogP contribution >= 0.6 is 0 Å². The molecule has 13 heteroatoms. The van der Waals surface area contributed by atoms with Crippen molar-refractivity contribution in [3.05, 3.63) is 28.7 Å². The van der Waals surface area contributed by atoms with Crippen LogP contribution in [0, 0.1) is 11.8 Å². The zero-order valence-corrected chi connectivity index (χ0v) is 20.4. The Morgan fingerprint density at radius 1 is 1.03 bits per heavy atom. The average molecular weight is 526 g/mol. The van der Waals surface area contributed by atoms with Crippen molar-refractivity contribution >= 4 is 34.5 Å². The smallest absolute Gasteiger partial charge is 0.475 e. The lowest BCUT2D eigenvalue weighted by molar-refractivity contribution is -0.192. The lowest BCUT2D eigenvalue weighted by Gasteiger charge is -2.28. The number of aryl methyl sites for hydroxylation is 1. The van der Waals surface area contributed by atoms with Gasteiger partial charge in [0.25, 0.3) is 0 Å². The van der Waals surface area contributed by atoms with E-state index in [0.29, 0.717) is 6.42 Å². The Kier molecular flexibility index (Phi) is 7.62. The molecule has 3 aliphatic rings. The SMILES string of the molecule is Cn1c(=O)n(C2CCC(=O)NC2=O)c2ccc(N3CC[C@@H](C4CCNCC4)C3)cc21.O=C(O)C(F)(F)F. The third kappa shape index (κ3) is 5.65. The first-order valence-electron chi connectivity index (χ1n) is 12.3. The van der Waals surface area contributed by atoms with E-state index in [-0.39, 0.29) is 18.0 Å². The highest BCUT2D eigenvalue weighted by Gasteiger charge is 2.38. The number of nitrogens with zero attached hydrogens (tertiary/aromatic N) is 3. The molecule has 4 heterocycles. The number of imide groups is 1. The number of fused-ring (bicyclic) bond motifs is 1. The van der Waals surface area contributed by atoms with Crippen molar-refractivity contribution < 1.29 is 32.7 Å². The number of carbonyl (C=O) groups is 3. The van der Waals surface area contributed by atoms with Gasteiger partial charge < -0.3 is 15.3 Å². The molecule has 0 spiro atoms. The van der Waals surface area contributed by atoms with Crippen LogP contribution in [0.25, 0.3) is 11.0 Å². The first kappa shape index (κ1) is 26.7. The Morgan fingerprint density at radius 2 is 1.70 bits per heavy atom. The van der Waals surface area contributed by atoms with Gasteiger partial charge in [0.15, 0.2) is 0 Å². The number of carboxylic acids is 1. The molecule has 1 aromatic heterocycles. The molecule has 0 aliphatic carbocycles. The topological polar surface area (TPSA) is 126 Å². The number of nitrogens with one attached hydrogen (secondary N) is 2. The van der Waals surface area contributed by atoms with E-state index < -0.39 is 24.1 Å². The molecule has 2 aromatic rings. The molecule has 3 fully saturated rings. The van der Waals surface area contributed by atoms with Crippen LogP contribution in [0.4, 0.5) is 18.9 Å². The Hall–Kier alpha value is -3.35. The fraction of sp³-hybridized carbons (Fsp3) is 0.583. The summed E-state index contributed by atoms with van der Waals surface area (Å²) >= 11 is 0. The molecule has 3 aliphatic heterocycles. The third-order valence-corrected chi connectivity index (χ3v) is 7.48. The first-order valence-corrected chi connectivity index (χ1v) is 12.3. The number of piperidine rings is 2. The minimum Gasteiger partial charge on any atom is -0.475 e. The molecular formula is C24H30F3N5O5. The monoisotopic (exact) mass is 525 g/mol. The van der Waals surface area contributed by atoms with E-state index >= 15 is 0 Å². The van der Waals surface area contributed by atoms with Gasteiger partial charge >= 0.3 is 17.8 Å². The van der Waals surface area contributed by atoms with Gasteiger partial charge in [-0.3, -0.25) is 24.0 Å². The summed E-state index contributed by atoms with van der Waals surface area (Å²) in [7, 11) is 1.75. The van der Waals surface area contributed by atoms with Crippen molar-refractivity contribution in [3.8, 4) is 0 Å². The number of hydrogen-bond donors (Lipinski definition) is 3. The van der Waals surface area contributed by atoms with Gasteiger partial charge in [-0.1, -0.05) is 0 Å². The molecule has 1 aromatic carbocycles. The quantitative estimate of drug-likeness (QED) is 0.522. The van der Waals surface area contributed by atoms with Gasteiger partial charge in [0.1, 0.15) is 6.04 Å². The molecule has 1 unspecified atom stereocenters. The second-order valence-electron chi connectivity index (χ2n) is 9.74. The van der Waals surface area contributed by atoms with Crippen molar-refractivity contribution in [1.29, 1.82) is 0 Å². The zero-order valence-electron chi connectivity index (χ0n) is 20.4. The average Bonchev–Trinajstić information content (AvgIpc) is 3.44. The van der Waals surface area contributed by atoms with E-state index in [1.165, 1.54) is 19.3 Å². The summed E-state index contributed by atoms with van der Waals surface area (Å²) in [4.78, 5) is 48.1. The maximum Gasteiger partial charge on any atom is 0.490 e. The van der Waals surface area contributed by atoms with Gasteiger partial charge in [0.2, 0.25) is 11.8 Å². The van der Waals surface area contributed by atoms with E-state index in [9.17, 15) is 27.6 Å². The number of aliphatic carboxylic acids is 1. The number of aromatic nitrogens is 2. The van der Waals surface area contributed by atoms with Crippen molar-refractivity contribution in [2.45, 2.75) is 44.3 Å². The van der Waals surface area contributed by atoms with Gasteiger partial charge in [-0.2, -0.15) is 13.2 Å². The molecule has 0 radical (unpaired) electrons. The van der Waals surface area contributed by atoms with Crippen molar-refractivity contribution in [3.63, 3.8) is 0 Å². The van der Waals surface area contributed by atoms with Crippen molar-refractivity contribution in [2.75, 3.05) is 31.1 Å². The molecule has 3 saturated heterocycles. The lowest BCUT2D eigenvalue weighted by Crippen LogP contribution is -2.44. The third-order valence-electron chi connectivity index (χ3n) is 7.48. The van der Waals surface area contributed by atoms with Crippen LogP contribution < -0.4 is 21.2 Å². The minimum absolute atomic E-state index is 0.217. The summed E-state index contributed by atoms with van der Waals surface area (Å²) in [6.07, 6.45) is -0.723. The number of alkyl halides is 3. The molecule has 5 rings (SSSR count). The fourth-order valence-corrected chi connectivity index (χ4v) is 5.50. The predicted molar refractivity (Wildman–Crippen MR) is 128 cm³/mol. The second kappa shape index (κ2) is 10.6. The molecule has 2 amide bonds. The van der Waals surface area contributed by atoms with Gasteiger partial charge in [-0.15, -0.1) is 0 Å². The lowest BCUT2D eigenvalue weighted by atomic mass is 9.84. The normalized spacial score (nSPS) is 23.1. The van der Waals surface area contributed by atoms with Crippen LogP contribution in [0.1, 0.15) is 38.1 Å². The summed E-state index contributed by atoms with van der Waals surface area (Å²) < 4.78 is 34.9. The molecular weight excluding hydrogens is 495 g/mol. The predicted octanol–water partition coefficient (Wildman–Crippen LogP) is 1.78. The number of halogens is 3. The molecule has 202 valence electrons. The highest BCUT2D eigenvalue weighted by Crippen LogP contribution is 2.34. The van der Waals surface area contributed by atoms with Crippen molar-refractivity contribution in [1.82, 2.24) is 19.8 Å². The zero-order chi connectivity index (χ0) is 26.9. The number of carboxylic acid groups (broad SMARTS) is 1. The van der Waals surface area contributed by atoms with Gasteiger partial charge in [0.05, 0.1) is 11.0 Å². The van der Waals surface area contributed by atoms with E-state index in [2.05, 4.69) is 27.7 Å². The highest BCUT2D eigenvalue weighted by molar-refractivity contribution is 6.00. The van der Waals surface area contributed by atoms with Gasteiger partial charge in [-0.05, 0) is 68.8 Å². The van der Waals surface area contributed by atoms with E-state index in [1.54, 1.807) is 16.2 Å². The van der Waals surface area contributed by atoms with Crippen LogP contribution in [0.2, 0.25) is 0 Å². The Balaban J connectivity index is 0.000000405. The van der Waals surface area contributed by atoms with Crippen LogP contribution in [0.3, 0.4) is 0 Å². The Bertz CT molecular complexity index is 1250. The highest BCUT2D eigenvalue weighted by atomic mass is 19.4. The molecule has 0 bridgehead atoms. The van der Waals surface area contributed by atoms with Crippen LogP contribution in [-0.4, -0.2) is 64.4 Å². The first-order chi connectivity index (χ1) is 17.5. The number of anilines is 1. The van der Waals surface area contributed by atoms with Crippen LogP contribution in [0.15, 0.2) is 23.0 Å². The maximum atomic E-state index is 12.9. The summed E-state index contributed by atoms with van der Waals surface area (Å²) in [6, 6.07) is 5.45. The molecule has 2 atom stereocenters. The maximum absolute atomic E-state index is 12.9. The van der Waals surface area contributed by atoms with E-state index in [1.807, 2.05) is 6.07 Å². The molecule has 0 saturated carbocycles. The van der Waals surface area contributed by atoms with Gasteiger partial charge in [-0.25, -0.2) is 9.59 Å². The minimum atomic E-state index is -5.08. The number of amides is 2. The summed E-state index contributed by atoms with van der Waals surface area (Å²) in [5.41, 5.74) is 2.49. The Labute approximate surface area is 210 Å². The number of carbonyl (C=O) groups excluding carboxylic acids is 2. The van der Waals surface area contributed by atoms with Crippen LogP contribution in [-0.2, 0) is 21.4 Å². The number of imidazole rings is 1. The van der Waals surface area contributed by atoms with E-state index in [4.69, 9.17) is 9.90 Å². The number of benzene rings is 1. The van der Waals surface area contributed by atoms with Crippen LogP contribution in [0.5, 0.6) is 0 Å².